The van der Waals surface area contributed by atoms with E-state index in [1.807, 2.05) is 0 Å². The van der Waals surface area contributed by atoms with Gasteiger partial charge in [-0.2, -0.15) is 5.10 Å². The van der Waals surface area contributed by atoms with E-state index in [1.54, 1.807) is 18.1 Å². The largest absolute Gasteiger partial charge is 0.348 e. The molecule has 0 bridgehead atoms. The number of carbonyl (C=O) groups excluding carboxylic acids is 1. The highest BCUT2D eigenvalue weighted by Crippen LogP contribution is 2.23. The van der Waals surface area contributed by atoms with E-state index in [4.69, 9.17) is 5.73 Å². The summed E-state index contributed by atoms with van der Waals surface area (Å²) in [7, 11) is 1.80. The molecule has 1 heterocycles. The van der Waals surface area contributed by atoms with Crippen molar-refractivity contribution in [3.05, 3.63) is 12.2 Å². The van der Waals surface area contributed by atoms with Crippen LogP contribution in [0, 0.1) is 5.92 Å². The molecule has 1 fully saturated rings. The number of nitrogens with two attached hydrogens (primary N) is 1. The first kappa shape index (κ1) is 12.0. The van der Waals surface area contributed by atoms with Crippen molar-refractivity contribution >= 4 is 5.91 Å². The first-order valence-electron chi connectivity index (χ1n) is 6.03. The number of hydrogen-bond donors (Lipinski definition) is 2. The van der Waals surface area contributed by atoms with Gasteiger partial charge < -0.3 is 11.1 Å². The maximum Gasteiger partial charge on any atom is 0.223 e. The zero-order valence-electron chi connectivity index (χ0n) is 10.1. The van der Waals surface area contributed by atoms with Crippen molar-refractivity contribution in [2.45, 2.75) is 38.3 Å². The molecule has 6 nitrogen and oxygen atoms in total. The first-order valence-corrected chi connectivity index (χ1v) is 6.03. The van der Waals surface area contributed by atoms with Crippen molar-refractivity contribution in [2.75, 3.05) is 0 Å². The van der Waals surface area contributed by atoms with Crippen molar-refractivity contribution in [3.63, 3.8) is 0 Å². The molecule has 1 saturated carbocycles. The fraction of sp³-hybridized carbons (Fsp3) is 0.727. The zero-order valence-corrected chi connectivity index (χ0v) is 10.1. The van der Waals surface area contributed by atoms with Crippen LogP contribution in [0.15, 0.2) is 6.33 Å². The van der Waals surface area contributed by atoms with E-state index < -0.39 is 0 Å². The Morgan fingerprint density at radius 2 is 2.47 bits per heavy atom. The van der Waals surface area contributed by atoms with Gasteiger partial charge in [0.05, 0.1) is 6.54 Å². The Labute approximate surface area is 101 Å². The molecular formula is C11H19N5O. The van der Waals surface area contributed by atoms with Gasteiger partial charge >= 0.3 is 0 Å². The van der Waals surface area contributed by atoms with E-state index >= 15 is 0 Å². The predicted molar refractivity (Wildman–Crippen MR) is 62.8 cm³/mol. The number of hydrogen-bond acceptors (Lipinski definition) is 4. The molecule has 2 unspecified atom stereocenters. The van der Waals surface area contributed by atoms with Crippen molar-refractivity contribution < 1.29 is 4.79 Å². The van der Waals surface area contributed by atoms with Gasteiger partial charge in [0.2, 0.25) is 5.91 Å². The lowest BCUT2D eigenvalue weighted by molar-refractivity contribution is -0.126. The van der Waals surface area contributed by atoms with Crippen LogP contribution in [0.4, 0.5) is 0 Å². The van der Waals surface area contributed by atoms with Crippen LogP contribution < -0.4 is 11.1 Å². The van der Waals surface area contributed by atoms with Crippen LogP contribution in [0.25, 0.3) is 0 Å². The fourth-order valence-electron chi connectivity index (χ4n) is 2.24. The van der Waals surface area contributed by atoms with Gasteiger partial charge in [0.15, 0.2) is 5.82 Å². The molecule has 17 heavy (non-hydrogen) atoms. The second kappa shape index (κ2) is 5.27. The number of nitrogens with one attached hydrogen (secondary N) is 1. The summed E-state index contributed by atoms with van der Waals surface area (Å²) in [6.07, 6.45) is 5.43. The van der Waals surface area contributed by atoms with E-state index in [2.05, 4.69) is 15.4 Å². The number of aromatic nitrogens is 3. The molecule has 0 saturated heterocycles. The second-order valence-corrected chi connectivity index (χ2v) is 4.68. The Morgan fingerprint density at radius 1 is 1.65 bits per heavy atom. The minimum atomic E-state index is 0.0578. The summed E-state index contributed by atoms with van der Waals surface area (Å²) in [6.45, 7) is 0.394. The van der Waals surface area contributed by atoms with Gasteiger partial charge in [0, 0.05) is 19.0 Å². The third kappa shape index (κ3) is 3.26. The second-order valence-electron chi connectivity index (χ2n) is 4.68. The highest BCUT2D eigenvalue weighted by molar-refractivity contribution is 5.78. The average Bonchev–Trinajstić information content (AvgIpc) is 2.72. The quantitative estimate of drug-likeness (QED) is 0.771. The van der Waals surface area contributed by atoms with E-state index in [0.717, 1.165) is 25.7 Å². The third-order valence-electron chi connectivity index (χ3n) is 3.15. The van der Waals surface area contributed by atoms with E-state index in [0.29, 0.717) is 12.4 Å². The minimum absolute atomic E-state index is 0.0578. The van der Waals surface area contributed by atoms with Gasteiger partial charge in [-0.05, 0) is 19.3 Å². The minimum Gasteiger partial charge on any atom is -0.348 e. The van der Waals surface area contributed by atoms with Crippen LogP contribution in [0.5, 0.6) is 0 Å². The highest BCUT2D eigenvalue weighted by Gasteiger charge is 2.25. The lowest BCUT2D eigenvalue weighted by atomic mass is 9.85. The van der Waals surface area contributed by atoms with Gasteiger partial charge in [0.25, 0.3) is 0 Å². The maximum absolute atomic E-state index is 11.9. The Kier molecular flexibility index (Phi) is 3.73. The molecule has 1 amide bonds. The molecule has 2 atom stereocenters. The highest BCUT2D eigenvalue weighted by atomic mass is 16.1. The smallest absolute Gasteiger partial charge is 0.223 e. The third-order valence-corrected chi connectivity index (χ3v) is 3.15. The zero-order chi connectivity index (χ0) is 12.3. The molecule has 0 aliphatic heterocycles. The lowest BCUT2D eigenvalue weighted by Gasteiger charge is -2.25. The topological polar surface area (TPSA) is 85.8 Å². The summed E-state index contributed by atoms with van der Waals surface area (Å²) < 4.78 is 1.62. The molecule has 1 aromatic rings. The SMILES string of the molecule is Cn1cnc(CNC(=O)C2CCCC(N)C2)n1. The van der Waals surface area contributed by atoms with E-state index in [9.17, 15) is 4.79 Å². The predicted octanol–water partition coefficient (Wildman–Crippen LogP) is -0.0512. The summed E-state index contributed by atoms with van der Waals surface area (Å²) >= 11 is 0. The van der Waals surface area contributed by atoms with Crippen LogP contribution in [0.3, 0.4) is 0 Å². The van der Waals surface area contributed by atoms with Gasteiger partial charge in [-0.1, -0.05) is 6.42 Å². The normalized spacial score (nSPS) is 24.6. The van der Waals surface area contributed by atoms with Gasteiger partial charge in [-0.15, -0.1) is 0 Å². The van der Waals surface area contributed by atoms with E-state index in [-0.39, 0.29) is 17.9 Å². The van der Waals surface area contributed by atoms with Gasteiger partial charge in [-0.25, -0.2) is 4.98 Å². The van der Waals surface area contributed by atoms with Gasteiger partial charge in [-0.3, -0.25) is 9.48 Å². The van der Waals surface area contributed by atoms with Crippen LogP contribution in [-0.2, 0) is 18.4 Å². The molecule has 1 aromatic heterocycles. The average molecular weight is 237 g/mol. The summed E-state index contributed by atoms with van der Waals surface area (Å²) in [5.41, 5.74) is 5.87. The standard InChI is InChI=1S/C11H19N5O/c1-16-7-14-10(15-16)6-13-11(17)8-3-2-4-9(12)5-8/h7-9H,2-6,12H2,1H3,(H,13,17). The molecule has 1 aliphatic rings. The first-order chi connectivity index (χ1) is 8.15. The molecule has 94 valence electrons. The number of aryl methyl sites for hydroxylation is 1. The van der Waals surface area contributed by atoms with Crippen LogP contribution in [-0.4, -0.2) is 26.7 Å². The monoisotopic (exact) mass is 237 g/mol. The Balaban J connectivity index is 1.80. The van der Waals surface area contributed by atoms with Crippen molar-refractivity contribution in [2.24, 2.45) is 18.7 Å². The van der Waals surface area contributed by atoms with Crippen molar-refractivity contribution in [1.82, 2.24) is 20.1 Å². The summed E-state index contributed by atoms with van der Waals surface area (Å²) in [5.74, 6) is 0.774. The fourth-order valence-corrected chi connectivity index (χ4v) is 2.24. The summed E-state index contributed by atoms with van der Waals surface area (Å²) in [4.78, 5) is 16.0. The maximum atomic E-state index is 11.9. The van der Waals surface area contributed by atoms with Crippen molar-refractivity contribution in [3.8, 4) is 0 Å². The van der Waals surface area contributed by atoms with Crippen LogP contribution >= 0.6 is 0 Å². The Hall–Kier alpha value is -1.43. The molecule has 6 heteroatoms. The number of amides is 1. The molecule has 3 N–H and O–H groups in total. The number of nitrogens with zero attached hydrogens (tertiary/aromatic N) is 3. The Morgan fingerprint density at radius 3 is 3.12 bits per heavy atom. The van der Waals surface area contributed by atoms with Crippen LogP contribution in [0.2, 0.25) is 0 Å². The number of rotatable bonds is 3. The number of carbonyl (C=O) groups is 1. The molecule has 2 rings (SSSR count). The van der Waals surface area contributed by atoms with Crippen molar-refractivity contribution in [1.29, 1.82) is 0 Å². The molecule has 0 spiro atoms. The molecule has 0 aromatic carbocycles. The molecule has 0 radical (unpaired) electrons. The summed E-state index contributed by atoms with van der Waals surface area (Å²) in [6, 6.07) is 0.174. The lowest BCUT2D eigenvalue weighted by Crippen LogP contribution is -2.37. The molecular weight excluding hydrogens is 218 g/mol. The molecule has 1 aliphatic carbocycles. The van der Waals surface area contributed by atoms with E-state index in [1.165, 1.54) is 0 Å². The van der Waals surface area contributed by atoms with Crippen LogP contribution in [0.1, 0.15) is 31.5 Å². The van der Waals surface area contributed by atoms with Gasteiger partial charge in [0.1, 0.15) is 6.33 Å². The Bertz CT molecular complexity index is 389. The summed E-state index contributed by atoms with van der Waals surface area (Å²) in [5, 5.41) is 6.98.